The number of ether oxygens (including phenoxy) is 1. The lowest BCUT2D eigenvalue weighted by Gasteiger charge is -2.16. The van der Waals surface area contributed by atoms with Crippen molar-refractivity contribution >= 4 is 21.4 Å². The maximum atomic E-state index is 12.9. The summed E-state index contributed by atoms with van der Waals surface area (Å²) in [4.78, 5) is 12.6. The van der Waals surface area contributed by atoms with E-state index in [1.54, 1.807) is 6.92 Å². The van der Waals surface area contributed by atoms with E-state index in [0.717, 1.165) is 18.4 Å². The van der Waals surface area contributed by atoms with E-state index in [-0.39, 0.29) is 35.7 Å². The SMILES string of the molecule is CCOC(=O)/C(CCO)=C(/c1ccc(C(F)(F)F)cc1)c1ccc(S(C)(=O)=O)cc1. The number of esters is 1. The van der Waals surface area contributed by atoms with Gasteiger partial charge in [-0.05, 0) is 47.9 Å². The minimum absolute atomic E-state index is 0.0536. The van der Waals surface area contributed by atoms with Crippen LogP contribution >= 0.6 is 0 Å². The summed E-state index contributed by atoms with van der Waals surface area (Å²) in [6, 6.07) is 9.83. The van der Waals surface area contributed by atoms with Crippen molar-refractivity contribution in [3.8, 4) is 0 Å². The fourth-order valence-electron chi connectivity index (χ4n) is 2.87. The summed E-state index contributed by atoms with van der Waals surface area (Å²) in [5.74, 6) is -0.714. The van der Waals surface area contributed by atoms with E-state index in [1.165, 1.54) is 36.4 Å². The largest absolute Gasteiger partial charge is 0.463 e. The van der Waals surface area contributed by atoms with Crippen molar-refractivity contribution in [2.45, 2.75) is 24.4 Å². The molecule has 2 aromatic carbocycles. The summed E-state index contributed by atoms with van der Waals surface area (Å²) in [5.41, 5.74) is 0.186. The molecule has 0 bridgehead atoms. The Hall–Kier alpha value is -2.65. The van der Waals surface area contributed by atoms with Gasteiger partial charge in [0.2, 0.25) is 0 Å². The lowest BCUT2D eigenvalue weighted by Crippen LogP contribution is -2.12. The van der Waals surface area contributed by atoms with Crippen molar-refractivity contribution in [3.63, 3.8) is 0 Å². The Labute approximate surface area is 172 Å². The second kappa shape index (κ2) is 9.44. The highest BCUT2D eigenvalue weighted by molar-refractivity contribution is 7.90. The molecule has 0 saturated carbocycles. The molecule has 9 heteroatoms. The molecule has 0 aliphatic rings. The smallest absolute Gasteiger partial charge is 0.416 e. The zero-order valence-corrected chi connectivity index (χ0v) is 17.2. The van der Waals surface area contributed by atoms with Crippen molar-refractivity contribution in [1.29, 1.82) is 0 Å². The van der Waals surface area contributed by atoms with Crippen molar-refractivity contribution in [1.82, 2.24) is 0 Å². The number of hydrogen-bond donors (Lipinski definition) is 1. The number of carbonyl (C=O) groups is 1. The molecule has 2 rings (SSSR count). The zero-order chi connectivity index (χ0) is 22.5. The molecule has 0 saturated heterocycles. The Bertz CT molecular complexity index is 1020. The number of benzene rings is 2. The number of sulfone groups is 1. The summed E-state index contributed by atoms with van der Waals surface area (Å²) in [6.45, 7) is 1.29. The molecule has 5 nitrogen and oxygen atoms in total. The van der Waals surface area contributed by atoms with Gasteiger partial charge in [-0.1, -0.05) is 24.3 Å². The van der Waals surface area contributed by atoms with Crippen LogP contribution in [0.5, 0.6) is 0 Å². The maximum Gasteiger partial charge on any atom is 0.416 e. The summed E-state index contributed by atoms with van der Waals surface area (Å²) < 4.78 is 67.3. The third-order valence-corrected chi connectivity index (χ3v) is 5.39. The number of rotatable bonds is 7. The van der Waals surface area contributed by atoms with Crippen LogP contribution in [0.3, 0.4) is 0 Å². The first-order chi connectivity index (χ1) is 14.0. The molecule has 0 fully saturated rings. The van der Waals surface area contributed by atoms with Gasteiger partial charge in [-0.15, -0.1) is 0 Å². The van der Waals surface area contributed by atoms with Gasteiger partial charge < -0.3 is 9.84 Å². The molecule has 0 aromatic heterocycles. The molecule has 0 radical (unpaired) electrons. The second-order valence-electron chi connectivity index (χ2n) is 6.42. The summed E-state index contributed by atoms with van der Waals surface area (Å²) >= 11 is 0. The topological polar surface area (TPSA) is 80.7 Å². The van der Waals surface area contributed by atoms with Crippen LogP contribution in [0.15, 0.2) is 59.0 Å². The molecule has 0 amide bonds. The van der Waals surface area contributed by atoms with E-state index in [2.05, 4.69) is 0 Å². The summed E-state index contributed by atoms with van der Waals surface area (Å²) in [5, 5.41) is 9.43. The van der Waals surface area contributed by atoms with E-state index < -0.39 is 27.5 Å². The molecular formula is C21H21F3O5S. The minimum Gasteiger partial charge on any atom is -0.463 e. The van der Waals surface area contributed by atoms with Gasteiger partial charge in [-0.2, -0.15) is 13.2 Å². The third kappa shape index (κ3) is 5.70. The Morgan fingerprint density at radius 2 is 1.50 bits per heavy atom. The molecule has 0 aliphatic heterocycles. The van der Waals surface area contributed by atoms with Crippen molar-refractivity contribution in [2.24, 2.45) is 0 Å². The molecule has 1 N–H and O–H groups in total. The van der Waals surface area contributed by atoms with E-state index in [1.807, 2.05) is 0 Å². The summed E-state index contributed by atoms with van der Waals surface area (Å²) in [6.07, 6.45) is -3.57. The Kier molecular flexibility index (Phi) is 7.44. The molecular weight excluding hydrogens is 421 g/mol. The predicted molar refractivity (Wildman–Crippen MR) is 105 cm³/mol. The highest BCUT2D eigenvalue weighted by Gasteiger charge is 2.30. The van der Waals surface area contributed by atoms with Gasteiger partial charge in [0.05, 0.1) is 17.1 Å². The predicted octanol–water partition coefficient (Wildman–Crippen LogP) is 3.86. The fraction of sp³-hybridized carbons (Fsp3) is 0.286. The monoisotopic (exact) mass is 442 g/mol. The molecule has 162 valence electrons. The first kappa shape index (κ1) is 23.6. The van der Waals surface area contributed by atoms with Crippen LogP contribution in [0.2, 0.25) is 0 Å². The van der Waals surface area contributed by atoms with E-state index in [4.69, 9.17) is 4.74 Å². The number of aliphatic hydroxyl groups is 1. The highest BCUT2D eigenvalue weighted by atomic mass is 32.2. The molecule has 0 spiro atoms. The fourth-order valence-corrected chi connectivity index (χ4v) is 3.50. The van der Waals surface area contributed by atoms with Gasteiger partial charge in [-0.25, -0.2) is 13.2 Å². The molecule has 0 aliphatic carbocycles. The quantitative estimate of drug-likeness (QED) is 0.520. The zero-order valence-electron chi connectivity index (χ0n) is 16.4. The van der Waals surface area contributed by atoms with Gasteiger partial charge >= 0.3 is 12.1 Å². The van der Waals surface area contributed by atoms with Crippen LogP contribution in [-0.2, 0) is 25.5 Å². The van der Waals surface area contributed by atoms with Crippen LogP contribution in [0, 0.1) is 0 Å². The normalized spacial score (nSPS) is 13.0. The highest BCUT2D eigenvalue weighted by Crippen LogP contribution is 2.34. The maximum absolute atomic E-state index is 12.9. The van der Waals surface area contributed by atoms with Crippen LogP contribution in [0.25, 0.3) is 5.57 Å². The first-order valence-electron chi connectivity index (χ1n) is 8.98. The second-order valence-corrected chi connectivity index (χ2v) is 8.44. The number of carbonyl (C=O) groups excluding carboxylic acids is 1. The van der Waals surface area contributed by atoms with Gasteiger partial charge in [-0.3, -0.25) is 0 Å². The average Bonchev–Trinajstić information content (AvgIpc) is 2.67. The lowest BCUT2D eigenvalue weighted by atomic mass is 9.91. The Morgan fingerprint density at radius 3 is 1.90 bits per heavy atom. The standard InChI is InChI=1S/C21H21F3O5S/c1-3-29-20(26)18(12-13-25)19(14-4-8-16(9-5-14)21(22,23)24)15-6-10-17(11-7-15)30(2,27)28/h4-11,25H,3,12-13H2,1-2H3/b19-18-. The molecule has 30 heavy (non-hydrogen) atoms. The number of aliphatic hydroxyl groups excluding tert-OH is 1. The van der Waals surface area contributed by atoms with Crippen LogP contribution in [-0.4, -0.2) is 39.0 Å². The van der Waals surface area contributed by atoms with Crippen LogP contribution < -0.4 is 0 Å². The molecule has 0 unspecified atom stereocenters. The van der Waals surface area contributed by atoms with Gasteiger partial charge in [0, 0.05) is 24.9 Å². The summed E-state index contributed by atoms with van der Waals surface area (Å²) in [7, 11) is -3.46. The Balaban J connectivity index is 2.71. The van der Waals surface area contributed by atoms with Gasteiger partial charge in [0.25, 0.3) is 0 Å². The average molecular weight is 442 g/mol. The van der Waals surface area contributed by atoms with Gasteiger partial charge in [0.15, 0.2) is 9.84 Å². The van der Waals surface area contributed by atoms with E-state index in [0.29, 0.717) is 11.1 Å². The number of hydrogen-bond acceptors (Lipinski definition) is 5. The molecule has 0 atom stereocenters. The third-order valence-electron chi connectivity index (χ3n) is 4.26. The Morgan fingerprint density at radius 1 is 1.00 bits per heavy atom. The van der Waals surface area contributed by atoms with Gasteiger partial charge in [0.1, 0.15) is 0 Å². The number of halogens is 3. The minimum atomic E-state index is -4.52. The van der Waals surface area contributed by atoms with E-state index in [9.17, 15) is 31.5 Å². The first-order valence-corrected chi connectivity index (χ1v) is 10.9. The molecule has 0 heterocycles. The van der Waals surface area contributed by atoms with Crippen molar-refractivity contribution in [2.75, 3.05) is 19.5 Å². The van der Waals surface area contributed by atoms with Crippen LogP contribution in [0.4, 0.5) is 13.2 Å². The molecule has 2 aromatic rings. The van der Waals surface area contributed by atoms with Crippen molar-refractivity contribution < 1.29 is 36.2 Å². The number of alkyl halides is 3. The lowest BCUT2D eigenvalue weighted by molar-refractivity contribution is -0.139. The van der Waals surface area contributed by atoms with Crippen LogP contribution in [0.1, 0.15) is 30.0 Å². The van der Waals surface area contributed by atoms with Crippen molar-refractivity contribution in [3.05, 3.63) is 70.8 Å². The van der Waals surface area contributed by atoms with E-state index >= 15 is 0 Å².